The number of aryl methyl sites for hydroxylation is 1. The number of rotatable bonds is 4. The number of aromatic nitrogens is 2. The molecule has 0 saturated carbocycles. The summed E-state index contributed by atoms with van der Waals surface area (Å²) < 4.78 is 5.37. The van der Waals surface area contributed by atoms with Gasteiger partial charge < -0.3 is 9.64 Å². The highest BCUT2D eigenvalue weighted by molar-refractivity contribution is 6.03. The monoisotopic (exact) mass is 399 g/mol. The van der Waals surface area contributed by atoms with Crippen molar-refractivity contribution in [2.75, 3.05) is 23.9 Å². The number of hydrogen-bond donors (Lipinski definition) is 1. The third kappa shape index (κ3) is 4.08. The summed E-state index contributed by atoms with van der Waals surface area (Å²) in [5.41, 5.74) is 3.11. The molecule has 0 fully saturated rings. The lowest BCUT2D eigenvalue weighted by Crippen LogP contribution is -2.21. The van der Waals surface area contributed by atoms with E-state index in [-0.39, 0.29) is 11.9 Å². The zero-order valence-electron chi connectivity index (χ0n) is 16.6. The molecule has 150 valence electrons. The molecule has 0 unspecified atom stereocenters. The number of nitriles is 1. The van der Waals surface area contributed by atoms with E-state index in [0.717, 1.165) is 43.1 Å². The lowest BCUT2D eigenvalue weighted by molar-refractivity contribution is 0.102. The highest BCUT2D eigenvalue weighted by Crippen LogP contribution is 2.34. The molecule has 2 heterocycles. The lowest BCUT2D eigenvalue weighted by atomic mass is 10.1. The summed E-state index contributed by atoms with van der Waals surface area (Å²) in [6.07, 6.45) is 4.73. The molecule has 7 nitrogen and oxygen atoms in total. The number of hydrogen-bond acceptors (Lipinski definition) is 6. The minimum absolute atomic E-state index is 0.221. The van der Waals surface area contributed by atoms with E-state index in [1.54, 1.807) is 31.5 Å². The predicted octanol–water partition coefficient (Wildman–Crippen LogP) is 4.08. The molecular weight excluding hydrogens is 378 g/mol. The van der Waals surface area contributed by atoms with Crippen LogP contribution in [0.5, 0.6) is 5.75 Å². The maximum Gasteiger partial charge on any atom is 0.258 e. The topological polar surface area (TPSA) is 91.1 Å². The third-order valence-corrected chi connectivity index (χ3v) is 5.05. The highest BCUT2D eigenvalue weighted by Gasteiger charge is 2.19. The smallest absolute Gasteiger partial charge is 0.258 e. The molecule has 0 radical (unpaired) electrons. The Morgan fingerprint density at radius 1 is 1.20 bits per heavy atom. The predicted molar refractivity (Wildman–Crippen MR) is 114 cm³/mol. The van der Waals surface area contributed by atoms with Crippen LogP contribution in [-0.4, -0.2) is 29.5 Å². The van der Waals surface area contributed by atoms with E-state index in [9.17, 15) is 4.79 Å². The van der Waals surface area contributed by atoms with Gasteiger partial charge in [-0.05, 0) is 67.3 Å². The number of ether oxygens (including phenoxy) is 1. The van der Waals surface area contributed by atoms with Crippen LogP contribution in [0, 0.1) is 11.3 Å². The zero-order chi connectivity index (χ0) is 20.9. The van der Waals surface area contributed by atoms with Crippen molar-refractivity contribution < 1.29 is 9.53 Å². The second-order valence-corrected chi connectivity index (χ2v) is 6.99. The van der Waals surface area contributed by atoms with E-state index in [2.05, 4.69) is 26.3 Å². The number of benzene rings is 2. The van der Waals surface area contributed by atoms with Crippen LogP contribution in [0.3, 0.4) is 0 Å². The van der Waals surface area contributed by atoms with Crippen molar-refractivity contribution in [2.45, 2.75) is 19.3 Å². The van der Waals surface area contributed by atoms with Gasteiger partial charge in [-0.3, -0.25) is 10.1 Å². The second kappa shape index (κ2) is 8.62. The summed E-state index contributed by atoms with van der Waals surface area (Å²) in [4.78, 5) is 23.5. The van der Waals surface area contributed by atoms with Gasteiger partial charge in [-0.15, -0.1) is 0 Å². The average molecular weight is 399 g/mol. The van der Waals surface area contributed by atoms with E-state index in [0.29, 0.717) is 11.1 Å². The minimum Gasteiger partial charge on any atom is -0.497 e. The van der Waals surface area contributed by atoms with E-state index >= 15 is 0 Å². The molecule has 3 aromatic rings. The molecule has 0 saturated heterocycles. The molecule has 1 aliphatic heterocycles. The van der Waals surface area contributed by atoms with Crippen molar-refractivity contribution >= 4 is 23.4 Å². The minimum atomic E-state index is -0.356. The number of anilines is 3. The lowest BCUT2D eigenvalue weighted by Gasteiger charge is -2.24. The van der Waals surface area contributed by atoms with Crippen molar-refractivity contribution in [1.82, 2.24) is 9.97 Å². The Morgan fingerprint density at radius 3 is 2.93 bits per heavy atom. The van der Waals surface area contributed by atoms with Gasteiger partial charge in [0.25, 0.3) is 5.91 Å². The Balaban J connectivity index is 1.61. The van der Waals surface area contributed by atoms with Crippen LogP contribution in [-0.2, 0) is 6.42 Å². The molecule has 1 N–H and O–H groups in total. The molecule has 0 aliphatic carbocycles. The fourth-order valence-electron chi connectivity index (χ4n) is 3.56. The normalized spacial score (nSPS) is 13.0. The fourth-order valence-corrected chi connectivity index (χ4v) is 3.56. The molecule has 1 aromatic heterocycles. The number of carbonyl (C=O) groups is 1. The summed E-state index contributed by atoms with van der Waals surface area (Å²) in [5.74, 6) is 1.43. The van der Waals surface area contributed by atoms with Gasteiger partial charge >= 0.3 is 0 Å². The van der Waals surface area contributed by atoms with Gasteiger partial charge in [0.15, 0.2) is 0 Å². The second-order valence-electron chi connectivity index (χ2n) is 6.99. The van der Waals surface area contributed by atoms with Crippen LogP contribution in [0.15, 0.2) is 54.7 Å². The maximum atomic E-state index is 12.6. The number of nitrogens with zero attached hydrogens (tertiary/aromatic N) is 4. The quantitative estimate of drug-likeness (QED) is 0.711. The first kappa shape index (κ1) is 19.4. The first-order valence-corrected chi connectivity index (χ1v) is 9.77. The van der Waals surface area contributed by atoms with E-state index < -0.39 is 0 Å². The Hall–Kier alpha value is -3.92. The Kier molecular flexibility index (Phi) is 5.57. The molecular formula is C23H21N5O2. The van der Waals surface area contributed by atoms with Gasteiger partial charge in [0.2, 0.25) is 5.95 Å². The Labute approximate surface area is 175 Å². The standard InChI is InChI=1S/C23H21N5O2/c1-30-19-8-9-20-17(14-19)6-2-3-12-28(20)21-10-11-25-23(26-21)27-22(29)18-7-4-5-16(13-18)15-24/h4-5,7-11,13-14H,2-3,6,12H2,1H3,(H,25,26,27,29). The van der Waals surface area contributed by atoms with Crippen LogP contribution < -0.4 is 15.0 Å². The summed E-state index contributed by atoms with van der Waals surface area (Å²) >= 11 is 0. The molecule has 0 atom stereocenters. The largest absolute Gasteiger partial charge is 0.497 e. The molecule has 0 spiro atoms. The summed E-state index contributed by atoms with van der Waals surface area (Å²) in [5, 5.41) is 11.8. The summed E-state index contributed by atoms with van der Waals surface area (Å²) in [6, 6.07) is 16.5. The van der Waals surface area contributed by atoms with Gasteiger partial charge in [0.1, 0.15) is 11.6 Å². The van der Waals surface area contributed by atoms with E-state index in [1.807, 2.05) is 24.3 Å². The summed E-state index contributed by atoms with van der Waals surface area (Å²) in [7, 11) is 1.67. The van der Waals surface area contributed by atoms with E-state index in [1.165, 1.54) is 11.6 Å². The first-order chi connectivity index (χ1) is 14.7. The van der Waals surface area contributed by atoms with Crippen LogP contribution in [0.2, 0.25) is 0 Å². The van der Waals surface area contributed by atoms with Crippen molar-refractivity contribution in [2.24, 2.45) is 0 Å². The molecule has 30 heavy (non-hydrogen) atoms. The molecule has 4 rings (SSSR count). The molecule has 0 bridgehead atoms. The average Bonchev–Trinajstić information content (AvgIpc) is 3.01. The molecule has 1 aliphatic rings. The van der Waals surface area contributed by atoms with Crippen molar-refractivity contribution in [3.63, 3.8) is 0 Å². The van der Waals surface area contributed by atoms with Crippen molar-refractivity contribution in [3.8, 4) is 11.8 Å². The molecule has 7 heteroatoms. The summed E-state index contributed by atoms with van der Waals surface area (Å²) in [6.45, 7) is 0.827. The number of fused-ring (bicyclic) bond motifs is 1. The van der Waals surface area contributed by atoms with Gasteiger partial charge in [-0.2, -0.15) is 10.2 Å². The third-order valence-electron chi connectivity index (χ3n) is 5.05. The van der Waals surface area contributed by atoms with Crippen molar-refractivity contribution in [3.05, 3.63) is 71.4 Å². The number of nitrogens with one attached hydrogen (secondary N) is 1. The number of amides is 1. The number of carbonyl (C=O) groups excluding carboxylic acids is 1. The van der Waals surface area contributed by atoms with Crippen LogP contribution in [0.1, 0.15) is 34.3 Å². The highest BCUT2D eigenvalue weighted by atomic mass is 16.5. The zero-order valence-corrected chi connectivity index (χ0v) is 16.6. The van der Waals surface area contributed by atoms with E-state index in [4.69, 9.17) is 10.00 Å². The Bertz CT molecular complexity index is 1120. The first-order valence-electron chi connectivity index (χ1n) is 9.77. The number of methoxy groups -OCH3 is 1. The van der Waals surface area contributed by atoms with Crippen LogP contribution in [0.4, 0.5) is 17.5 Å². The maximum absolute atomic E-state index is 12.6. The Morgan fingerprint density at radius 2 is 2.10 bits per heavy atom. The van der Waals surface area contributed by atoms with Crippen molar-refractivity contribution in [1.29, 1.82) is 5.26 Å². The van der Waals surface area contributed by atoms with Gasteiger partial charge in [-0.25, -0.2) is 4.98 Å². The van der Waals surface area contributed by atoms with Gasteiger partial charge in [0.05, 0.1) is 18.7 Å². The molecule has 1 amide bonds. The van der Waals surface area contributed by atoms with Gasteiger partial charge in [0, 0.05) is 24.0 Å². The molecule has 2 aromatic carbocycles. The van der Waals surface area contributed by atoms with Gasteiger partial charge in [-0.1, -0.05) is 6.07 Å². The van der Waals surface area contributed by atoms with Crippen LogP contribution >= 0.6 is 0 Å². The fraction of sp³-hybridized carbons (Fsp3) is 0.217. The van der Waals surface area contributed by atoms with Crippen LogP contribution in [0.25, 0.3) is 0 Å². The SMILES string of the molecule is COc1ccc2c(c1)CCCCN2c1ccnc(NC(=O)c2cccc(C#N)c2)n1.